The standard InChI is InChI=1S/C11H13BrFN5O2S/c1-18-6-15-10(17-18)2-3-16-21(19,20)9-5-7(14)4-8(12)11(9)13/h4-6,16H,2-3,14H2,1H3. The molecule has 0 amide bonds. The Morgan fingerprint density at radius 2 is 2.19 bits per heavy atom. The average molecular weight is 378 g/mol. The average Bonchev–Trinajstić information content (AvgIpc) is 2.79. The Morgan fingerprint density at radius 1 is 1.48 bits per heavy atom. The third kappa shape index (κ3) is 3.77. The van der Waals surface area contributed by atoms with Crippen LogP contribution >= 0.6 is 15.9 Å². The van der Waals surface area contributed by atoms with Gasteiger partial charge in [-0.3, -0.25) is 4.68 Å². The van der Waals surface area contributed by atoms with Gasteiger partial charge in [0.25, 0.3) is 0 Å². The van der Waals surface area contributed by atoms with Gasteiger partial charge in [-0.2, -0.15) is 5.10 Å². The molecule has 0 saturated heterocycles. The summed E-state index contributed by atoms with van der Waals surface area (Å²) in [6.07, 6.45) is 1.81. The molecule has 1 aromatic heterocycles. The Hall–Kier alpha value is -1.52. The maximum atomic E-state index is 13.9. The van der Waals surface area contributed by atoms with Crippen LogP contribution < -0.4 is 10.5 Å². The molecular formula is C11H13BrFN5O2S. The highest BCUT2D eigenvalue weighted by Gasteiger charge is 2.21. The number of nitrogens with zero attached hydrogens (tertiary/aromatic N) is 3. The number of hydrogen-bond donors (Lipinski definition) is 2. The minimum atomic E-state index is -4.00. The largest absolute Gasteiger partial charge is 0.399 e. The van der Waals surface area contributed by atoms with E-state index in [0.717, 1.165) is 6.07 Å². The van der Waals surface area contributed by atoms with Crippen LogP contribution in [0.4, 0.5) is 10.1 Å². The first kappa shape index (κ1) is 15.9. The molecule has 2 rings (SSSR count). The van der Waals surface area contributed by atoms with Crippen molar-refractivity contribution in [2.75, 3.05) is 12.3 Å². The molecular weight excluding hydrogens is 365 g/mol. The monoisotopic (exact) mass is 377 g/mol. The van der Waals surface area contributed by atoms with Crippen molar-refractivity contribution in [2.45, 2.75) is 11.3 Å². The van der Waals surface area contributed by atoms with Crippen LogP contribution in [-0.4, -0.2) is 29.7 Å². The van der Waals surface area contributed by atoms with Crippen molar-refractivity contribution in [1.82, 2.24) is 19.5 Å². The maximum Gasteiger partial charge on any atom is 0.243 e. The third-order valence-electron chi connectivity index (χ3n) is 2.59. The summed E-state index contributed by atoms with van der Waals surface area (Å²) in [5.74, 6) is -0.387. The molecule has 0 aliphatic carbocycles. The number of nitrogens with two attached hydrogens (primary N) is 1. The fourth-order valence-electron chi connectivity index (χ4n) is 1.65. The second kappa shape index (κ2) is 6.08. The molecule has 1 heterocycles. The Bertz CT molecular complexity index is 762. The minimum Gasteiger partial charge on any atom is -0.399 e. The summed E-state index contributed by atoms with van der Waals surface area (Å²) in [6, 6.07) is 2.37. The predicted octanol–water partition coefficient (Wildman–Crippen LogP) is 0.820. The first-order chi connectivity index (χ1) is 9.79. The van der Waals surface area contributed by atoms with Gasteiger partial charge in [0.05, 0.1) is 4.47 Å². The number of benzene rings is 1. The van der Waals surface area contributed by atoms with Gasteiger partial charge in [0.15, 0.2) is 11.6 Å². The van der Waals surface area contributed by atoms with E-state index < -0.39 is 20.7 Å². The zero-order valence-electron chi connectivity index (χ0n) is 11.0. The first-order valence-electron chi connectivity index (χ1n) is 5.88. The van der Waals surface area contributed by atoms with E-state index in [1.165, 1.54) is 17.1 Å². The number of nitrogen functional groups attached to an aromatic ring is 1. The molecule has 0 spiro atoms. The highest BCUT2D eigenvalue weighted by molar-refractivity contribution is 9.10. The summed E-state index contributed by atoms with van der Waals surface area (Å²) in [5, 5.41) is 4.02. The van der Waals surface area contributed by atoms with Crippen molar-refractivity contribution in [3.05, 3.63) is 34.6 Å². The van der Waals surface area contributed by atoms with E-state index in [1.807, 2.05) is 0 Å². The number of aryl methyl sites for hydroxylation is 1. The van der Waals surface area contributed by atoms with Gasteiger partial charge in [-0.15, -0.1) is 0 Å². The molecule has 7 nitrogen and oxygen atoms in total. The highest BCUT2D eigenvalue weighted by Crippen LogP contribution is 2.25. The number of halogens is 2. The molecule has 0 unspecified atom stereocenters. The van der Waals surface area contributed by atoms with Crippen LogP contribution in [0.2, 0.25) is 0 Å². The molecule has 2 aromatic rings. The predicted molar refractivity (Wildman–Crippen MR) is 78.4 cm³/mol. The van der Waals surface area contributed by atoms with Crippen molar-refractivity contribution in [3.8, 4) is 0 Å². The molecule has 0 radical (unpaired) electrons. The number of sulfonamides is 1. The van der Waals surface area contributed by atoms with Crippen molar-refractivity contribution < 1.29 is 12.8 Å². The Kier molecular flexibility index (Phi) is 4.59. The van der Waals surface area contributed by atoms with E-state index in [0.29, 0.717) is 12.2 Å². The molecule has 10 heteroatoms. The minimum absolute atomic E-state index is 0.00531. The lowest BCUT2D eigenvalue weighted by Gasteiger charge is -2.09. The Labute approximate surface area is 129 Å². The van der Waals surface area contributed by atoms with E-state index in [9.17, 15) is 12.8 Å². The third-order valence-corrected chi connectivity index (χ3v) is 4.63. The van der Waals surface area contributed by atoms with Crippen LogP contribution in [0.25, 0.3) is 0 Å². The number of rotatable bonds is 5. The normalized spacial score (nSPS) is 11.8. The van der Waals surface area contributed by atoms with E-state index >= 15 is 0 Å². The van der Waals surface area contributed by atoms with Crippen LogP contribution in [0.5, 0.6) is 0 Å². The van der Waals surface area contributed by atoms with Gasteiger partial charge in [-0.25, -0.2) is 22.5 Å². The van der Waals surface area contributed by atoms with E-state index in [4.69, 9.17) is 5.73 Å². The molecule has 0 bridgehead atoms. The van der Waals surface area contributed by atoms with Crippen molar-refractivity contribution in [2.24, 2.45) is 7.05 Å². The van der Waals surface area contributed by atoms with Gasteiger partial charge < -0.3 is 5.73 Å². The van der Waals surface area contributed by atoms with Crippen LogP contribution in [0.1, 0.15) is 5.82 Å². The molecule has 1 aromatic carbocycles. The van der Waals surface area contributed by atoms with Crippen LogP contribution in [0, 0.1) is 5.82 Å². The van der Waals surface area contributed by atoms with Gasteiger partial charge in [-0.05, 0) is 28.1 Å². The second-order valence-electron chi connectivity index (χ2n) is 4.30. The Balaban J connectivity index is 2.12. The summed E-state index contributed by atoms with van der Waals surface area (Å²) in [7, 11) is -2.29. The summed E-state index contributed by atoms with van der Waals surface area (Å²) in [6.45, 7) is 0.0538. The van der Waals surface area contributed by atoms with E-state index in [2.05, 4.69) is 30.7 Å². The fourth-order valence-corrected chi connectivity index (χ4v) is 3.43. The maximum absolute atomic E-state index is 13.9. The van der Waals surface area contributed by atoms with Crippen LogP contribution in [0.15, 0.2) is 27.8 Å². The lowest BCUT2D eigenvalue weighted by molar-refractivity contribution is 0.554. The van der Waals surface area contributed by atoms with Gasteiger partial charge in [-0.1, -0.05) is 0 Å². The van der Waals surface area contributed by atoms with E-state index in [-0.39, 0.29) is 16.7 Å². The SMILES string of the molecule is Cn1cnc(CCNS(=O)(=O)c2cc(N)cc(Br)c2F)n1. The summed E-state index contributed by atoms with van der Waals surface area (Å²) >= 11 is 2.93. The zero-order chi connectivity index (χ0) is 15.6. The molecule has 0 aliphatic heterocycles. The summed E-state index contributed by atoms with van der Waals surface area (Å²) < 4.78 is 41.8. The molecule has 0 atom stereocenters. The van der Waals surface area contributed by atoms with E-state index in [1.54, 1.807) is 7.05 Å². The van der Waals surface area contributed by atoms with Crippen molar-refractivity contribution in [3.63, 3.8) is 0 Å². The number of anilines is 1. The molecule has 0 aliphatic rings. The number of hydrogen-bond acceptors (Lipinski definition) is 5. The topological polar surface area (TPSA) is 103 Å². The van der Waals surface area contributed by atoms with Gasteiger partial charge >= 0.3 is 0 Å². The van der Waals surface area contributed by atoms with Crippen molar-refractivity contribution >= 4 is 31.6 Å². The molecule has 0 saturated carbocycles. The Morgan fingerprint density at radius 3 is 2.81 bits per heavy atom. The molecule has 0 fully saturated rings. The van der Waals surface area contributed by atoms with Gasteiger partial charge in [0, 0.05) is 25.7 Å². The van der Waals surface area contributed by atoms with Gasteiger partial charge in [0.2, 0.25) is 10.0 Å². The molecule has 21 heavy (non-hydrogen) atoms. The zero-order valence-corrected chi connectivity index (χ0v) is 13.4. The van der Waals surface area contributed by atoms with Crippen LogP contribution in [-0.2, 0) is 23.5 Å². The lowest BCUT2D eigenvalue weighted by atomic mass is 10.3. The fraction of sp³-hybridized carbons (Fsp3) is 0.273. The van der Waals surface area contributed by atoms with Crippen LogP contribution in [0.3, 0.4) is 0 Å². The van der Waals surface area contributed by atoms with Gasteiger partial charge in [0.1, 0.15) is 11.2 Å². The number of nitrogens with one attached hydrogen (secondary N) is 1. The molecule has 114 valence electrons. The highest BCUT2D eigenvalue weighted by atomic mass is 79.9. The lowest BCUT2D eigenvalue weighted by Crippen LogP contribution is -2.27. The van der Waals surface area contributed by atoms with Crippen molar-refractivity contribution in [1.29, 1.82) is 0 Å². The molecule has 3 N–H and O–H groups in total. The second-order valence-corrected chi connectivity index (χ2v) is 6.89. The summed E-state index contributed by atoms with van der Waals surface area (Å²) in [5.41, 5.74) is 5.68. The number of aromatic nitrogens is 3. The smallest absolute Gasteiger partial charge is 0.243 e. The summed E-state index contributed by atoms with van der Waals surface area (Å²) in [4.78, 5) is 3.47. The first-order valence-corrected chi connectivity index (χ1v) is 8.16. The quantitative estimate of drug-likeness (QED) is 0.750.